The number of phenols is 1. The van der Waals surface area contributed by atoms with E-state index in [0.717, 1.165) is 11.8 Å². The van der Waals surface area contributed by atoms with Crippen molar-refractivity contribution < 1.29 is 14.6 Å². The zero-order valence-corrected chi connectivity index (χ0v) is 9.38. The van der Waals surface area contributed by atoms with E-state index in [9.17, 15) is 9.90 Å². The second kappa shape index (κ2) is 4.70. The molecule has 0 heterocycles. The van der Waals surface area contributed by atoms with Gasteiger partial charge in [-0.25, -0.2) is 0 Å². The third-order valence-corrected chi connectivity index (χ3v) is 2.54. The van der Waals surface area contributed by atoms with Gasteiger partial charge in [-0.3, -0.25) is 4.79 Å². The van der Waals surface area contributed by atoms with Gasteiger partial charge in [0.05, 0.1) is 7.11 Å². The topological polar surface area (TPSA) is 46.5 Å². The first-order valence-electron chi connectivity index (χ1n) is 5.18. The monoisotopic (exact) mass is 228 g/mol. The van der Waals surface area contributed by atoms with Crippen molar-refractivity contribution in [1.82, 2.24) is 0 Å². The molecule has 17 heavy (non-hydrogen) atoms. The molecule has 0 saturated heterocycles. The molecule has 0 fully saturated rings. The number of aromatic hydroxyl groups is 1. The summed E-state index contributed by atoms with van der Waals surface area (Å²) >= 11 is 0. The first kappa shape index (κ1) is 11.2. The van der Waals surface area contributed by atoms with Crippen molar-refractivity contribution in [2.45, 2.75) is 0 Å². The number of hydrogen-bond donors (Lipinski definition) is 1. The van der Waals surface area contributed by atoms with E-state index in [2.05, 4.69) is 0 Å². The maximum atomic E-state index is 10.8. The summed E-state index contributed by atoms with van der Waals surface area (Å²) in [6.45, 7) is 0. The van der Waals surface area contributed by atoms with Crippen LogP contribution in [0.2, 0.25) is 0 Å². The predicted octanol–water partition coefficient (Wildman–Crippen LogP) is 2.88. The largest absolute Gasteiger partial charge is 0.504 e. The third kappa shape index (κ3) is 2.13. The number of methoxy groups -OCH3 is 1. The fourth-order valence-electron chi connectivity index (χ4n) is 1.69. The molecule has 2 aromatic rings. The molecule has 0 aliphatic carbocycles. The Balaban J connectivity index is 2.64. The van der Waals surface area contributed by atoms with Gasteiger partial charge < -0.3 is 9.84 Å². The van der Waals surface area contributed by atoms with Gasteiger partial charge in [-0.1, -0.05) is 30.3 Å². The van der Waals surface area contributed by atoms with Crippen molar-refractivity contribution >= 4 is 6.29 Å². The van der Waals surface area contributed by atoms with Crippen molar-refractivity contribution in [2.24, 2.45) is 0 Å². The Morgan fingerprint density at radius 1 is 1.18 bits per heavy atom. The lowest BCUT2D eigenvalue weighted by Crippen LogP contribution is -1.90. The van der Waals surface area contributed by atoms with Crippen LogP contribution in [0.25, 0.3) is 11.1 Å². The van der Waals surface area contributed by atoms with Crippen LogP contribution in [-0.2, 0) is 0 Å². The summed E-state index contributed by atoms with van der Waals surface area (Å²) in [5, 5.41) is 10.0. The number of benzene rings is 2. The Morgan fingerprint density at radius 3 is 2.47 bits per heavy atom. The van der Waals surface area contributed by atoms with Gasteiger partial charge >= 0.3 is 0 Å². The smallest absolute Gasteiger partial charge is 0.165 e. The zero-order chi connectivity index (χ0) is 12.3. The molecule has 0 atom stereocenters. The molecule has 3 nitrogen and oxygen atoms in total. The van der Waals surface area contributed by atoms with Gasteiger partial charge in [0.25, 0.3) is 0 Å². The van der Waals surface area contributed by atoms with E-state index in [4.69, 9.17) is 4.74 Å². The Labute approximate surface area is 99.3 Å². The number of carbonyl (C=O) groups is 1. The molecule has 0 unspecified atom stereocenters. The second-order valence-corrected chi connectivity index (χ2v) is 3.60. The summed E-state index contributed by atoms with van der Waals surface area (Å²) < 4.78 is 5.04. The van der Waals surface area contributed by atoms with Crippen LogP contribution in [0.3, 0.4) is 0 Å². The minimum absolute atomic E-state index is 0.0456. The summed E-state index contributed by atoms with van der Waals surface area (Å²) in [5.74, 6) is 0.345. The van der Waals surface area contributed by atoms with E-state index in [1.54, 1.807) is 6.07 Å². The lowest BCUT2D eigenvalue weighted by atomic mass is 10.0. The van der Waals surface area contributed by atoms with E-state index < -0.39 is 0 Å². The molecule has 0 bridgehead atoms. The van der Waals surface area contributed by atoms with Crippen molar-refractivity contribution in [3.8, 4) is 22.6 Å². The highest BCUT2D eigenvalue weighted by atomic mass is 16.5. The van der Waals surface area contributed by atoms with Crippen LogP contribution in [0.15, 0.2) is 42.5 Å². The first-order chi connectivity index (χ1) is 8.26. The Hall–Kier alpha value is -2.29. The number of phenolic OH excluding ortho intramolecular Hbond substituents is 1. The van der Waals surface area contributed by atoms with Gasteiger partial charge in [0.1, 0.15) is 6.29 Å². The maximum Gasteiger partial charge on any atom is 0.165 e. The molecule has 2 rings (SSSR count). The molecule has 0 amide bonds. The summed E-state index contributed by atoms with van der Waals surface area (Å²) in [6, 6.07) is 12.5. The number of aldehydes is 1. The van der Waals surface area contributed by atoms with Gasteiger partial charge in [0.2, 0.25) is 0 Å². The van der Waals surface area contributed by atoms with Crippen molar-refractivity contribution in [3.63, 3.8) is 0 Å². The highest BCUT2D eigenvalue weighted by Crippen LogP contribution is 2.37. The lowest BCUT2D eigenvalue weighted by molar-refractivity contribution is 0.112. The van der Waals surface area contributed by atoms with Crippen LogP contribution in [-0.4, -0.2) is 18.5 Å². The summed E-state index contributed by atoms with van der Waals surface area (Å²) in [7, 11) is 1.46. The minimum atomic E-state index is 0.0456. The molecule has 1 N–H and O–H groups in total. The number of carbonyl (C=O) groups excluding carboxylic acids is 1. The third-order valence-electron chi connectivity index (χ3n) is 2.54. The van der Waals surface area contributed by atoms with Crippen molar-refractivity contribution in [1.29, 1.82) is 0 Å². The van der Waals surface area contributed by atoms with Crippen LogP contribution in [0.4, 0.5) is 0 Å². The Morgan fingerprint density at radius 2 is 1.88 bits per heavy atom. The van der Waals surface area contributed by atoms with Crippen LogP contribution in [0.1, 0.15) is 10.4 Å². The first-order valence-corrected chi connectivity index (χ1v) is 5.18. The average molecular weight is 228 g/mol. The normalized spacial score (nSPS) is 9.94. The molecule has 0 radical (unpaired) electrons. The van der Waals surface area contributed by atoms with Gasteiger partial charge in [0, 0.05) is 11.1 Å². The van der Waals surface area contributed by atoms with Gasteiger partial charge in [-0.05, 0) is 17.7 Å². The summed E-state index contributed by atoms with van der Waals surface area (Å²) in [6.07, 6.45) is 0.731. The fraction of sp³-hybridized carbons (Fsp3) is 0.0714. The molecule has 0 aliphatic heterocycles. The van der Waals surface area contributed by atoms with E-state index in [-0.39, 0.29) is 5.75 Å². The Kier molecular flexibility index (Phi) is 3.10. The van der Waals surface area contributed by atoms with E-state index in [1.807, 2.05) is 30.3 Å². The molecular weight excluding hydrogens is 216 g/mol. The van der Waals surface area contributed by atoms with E-state index in [1.165, 1.54) is 13.2 Å². The highest BCUT2D eigenvalue weighted by molar-refractivity contribution is 5.83. The molecule has 0 saturated carbocycles. The molecule has 0 spiro atoms. The van der Waals surface area contributed by atoms with Crippen molar-refractivity contribution in [2.75, 3.05) is 7.11 Å². The van der Waals surface area contributed by atoms with Crippen LogP contribution < -0.4 is 4.74 Å². The average Bonchev–Trinajstić information content (AvgIpc) is 2.40. The van der Waals surface area contributed by atoms with Gasteiger partial charge in [-0.2, -0.15) is 0 Å². The molecule has 2 aromatic carbocycles. The molecule has 0 aromatic heterocycles. The zero-order valence-electron chi connectivity index (χ0n) is 9.38. The fourth-order valence-corrected chi connectivity index (χ4v) is 1.69. The minimum Gasteiger partial charge on any atom is -0.504 e. The quantitative estimate of drug-likeness (QED) is 0.821. The summed E-state index contributed by atoms with van der Waals surface area (Å²) in [4.78, 5) is 10.8. The van der Waals surface area contributed by atoms with E-state index in [0.29, 0.717) is 16.9 Å². The SMILES string of the molecule is COc1cc(C=O)cc(-c2ccccc2)c1O. The number of ether oxygens (including phenoxy) is 1. The lowest BCUT2D eigenvalue weighted by Gasteiger charge is -2.10. The number of hydrogen-bond acceptors (Lipinski definition) is 3. The van der Waals surface area contributed by atoms with Crippen LogP contribution >= 0.6 is 0 Å². The summed E-state index contributed by atoms with van der Waals surface area (Å²) in [5.41, 5.74) is 1.90. The van der Waals surface area contributed by atoms with E-state index >= 15 is 0 Å². The van der Waals surface area contributed by atoms with Gasteiger partial charge in [0.15, 0.2) is 11.5 Å². The highest BCUT2D eigenvalue weighted by Gasteiger charge is 2.11. The van der Waals surface area contributed by atoms with Gasteiger partial charge in [-0.15, -0.1) is 0 Å². The van der Waals surface area contributed by atoms with Crippen LogP contribution in [0, 0.1) is 0 Å². The Bertz CT molecular complexity index is 533. The number of rotatable bonds is 3. The predicted molar refractivity (Wildman–Crippen MR) is 65.5 cm³/mol. The second-order valence-electron chi connectivity index (χ2n) is 3.60. The van der Waals surface area contributed by atoms with Crippen LogP contribution in [0.5, 0.6) is 11.5 Å². The molecule has 3 heteroatoms. The molecule has 86 valence electrons. The molecule has 0 aliphatic rings. The molecular formula is C14H12O3. The van der Waals surface area contributed by atoms with Crippen molar-refractivity contribution in [3.05, 3.63) is 48.0 Å². The standard InChI is InChI=1S/C14H12O3/c1-17-13-8-10(9-15)7-12(14(13)16)11-5-3-2-4-6-11/h2-9,16H,1H3. The maximum absolute atomic E-state index is 10.8.